The molecule has 3 rings (SSSR count). The Hall–Kier alpha value is -1.43. The predicted molar refractivity (Wildman–Crippen MR) is 59.7 cm³/mol. The van der Waals surface area contributed by atoms with Crippen molar-refractivity contribution in [2.45, 2.75) is 31.7 Å². The summed E-state index contributed by atoms with van der Waals surface area (Å²) in [5.74, 6) is 1.55. The first-order valence-electron chi connectivity index (χ1n) is 6.06. The van der Waals surface area contributed by atoms with Crippen molar-refractivity contribution >= 4 is 5.91 Å². The van der Waals surface area contributed by atoms with Crippen molar-refractivity contribution < 1.29 is 9.53 Å². The number of nitrogens with one attached hydrogen (secondary N) is 1. The Morgan fingerprint density at radius 1 is 1.53 bits per heavy atom. The third kappa shape index (κ3) is 2.04. The van der Waals surface area contributed by atoms with Gasteiger partial charge in [-0.25, -0.2) is 4.98 Å². The van der Waals surface area contributed by atoms with Gasteiger partial charge in [-0.3, -0.25) is 9.89 Å². The molecule has 2 heterocycles. The molecule has 1 aromatic heterocycles. The first-order chi connectivity index (χ1) is 8.25. The van der Waals surface area contributed by atoms with Crippen LogP contribution in [0.4, 0.5) is 0 Å². The van der Waals surface area contributed by atoms with Crippen molar-refractivity contribution in [3.63, 3.8) is 0 Å². The Balaban J connectivity index is 1.75. The van der Waals surface area contributed by atoms with Crippen molar-refractivity contribution in [3.05, 3.63) is 11.6 Å². The molecule has 0 radical (unpaired) electrons. The highest BCUT2D eigenvalue weighted by Gasteiger charge is 2.31. The molecule has 1 atom stereocenters. The molecule has 6 nitrogen and oxygen atoms in total. The van der Waals surface area contributed by atoms with Gasteiger partial charge in [0.05, 0.1) is 19.3 Å². The number of nitrogens with zero attached hydrogens (tertiary/aromatic N) is 3. The lowest BCUT2D eigenvalue weighted by molar-refractivity contribution is 0.00294. The van der Waals surface area contributed by atoms with Crippen LogP contribution < -0.4 is 0 Å². The fourth-order valence-electron chi connectivity index (χ4n) is 2.07. The second-order valence-electron chi connectivity index (χ2n) is 4.74. The fourth-order valence-corrected chi connectivity index (χ4v) is 2.07. The van der Waals surface area contributed by atoms with Crippen molar-refractivity contribution in [2.24, 2.45) is 0 Å². The quantitative estimate of drug-likeness (QED) is 0.813. The first-order valence-corrected chi connectivity index (χ1v) is 6.06. The van der Waals surface area contributed by atoms with Gasteiger partial charge in [-0.05, 0) is 19.8 Å². The zero-order valence-electron chi connectivity index (χ0n) is 9.85. The lowest BCUT2D eigenvalue weighted by Crippen LogP contribution is -2.47. The van der Waals surface area contributed by atoms with Crippen LogP contribution in [0.3, 0.4) is 0 Å². The van der Waals surface area contributed by atoms with Gasteiger partial charge in [0.15, 0.2) is 0 Å². The molecule has 92 valence electrons. The topological polar surface area (TPSA) is 71.1 Å². The van der Waals surface area contributed by atoms with Gasteiger partial charge in [-0.15, -0.1) is 5.10 Å². The zero-order chi connectivity index (χ0) is 11.8. The monoisotopic (exact) mass is 236 g/mol. The van der Waals surface area contributed by atoms with Gasteiger partial charge < -0.3 is 9.64 Å². The lowest BCUT2D eigenvalue weighted by Gasteiger charge is -2.32. The molecule has 1 saturated carbocycles. The summed E-state index contributed by atoms with van der Waals surface area (Å²) < 4.78 is 5.31. The van der Waals surface area contributed by atoms with E-state index in [0.29, 0.717) is 31.5 Å². The average molecular weight is 236 g/mol. The van der Waals surface area contributed by atoms with Gasteiger partial charge in [0.2, 0.25) is 5.82 Å². The maximum atomic E-state index is 12.2. The molecule has 1 N–H and O–H groups in total. The van der Waals surface area contributed by atoms with Crippen LogP contribution in [0, 0.1) is 0 Å². The van der Waals surface area contributed by atoms with E-state index in [9.17, 15) is 4.79 Å². The number of carbonyl (C=O) groups excluding carboxylic acids is 1. The van der Waals surface area contributed by atoms with Crippen LogP contribution in [0.15, 0.2) is 0 Å². The number of ether oxygens (including phenoxy) is 1. The maximum Gasteiger partial charge on any atom is 0.293 e. The Morgan fingerprint density at radius 3 is 3.06 bits per heavy atom. The number of rotatable bonds is 2. The smallest absolute Gasteiger partial charge is 0.293 e. The van der Waals surface area contributed by atoms with Crippen LogP contribution >= 0.6 is 0 Å². The van der Waals surface area contributed by atoms with Crippen LogP contribution in [-0.2, 0) is 4.74 Å². The number of aromatic amines is 1. The van der Waals surface area contributed by atoms with Crippen molar-refractivity contribution in [3.8, 4) is 0 Å². The van der Waals surface area contributed by atoms with E-state index in [1.807, 2.05) is 6.92 Å². The number of amides is 1. The maximum absolute atomic E-state index is 12.2. The minimum Gasteiger partial charge on any atom is -0.377 e. The number of hydrogen-bond donors (Lipinski definition) is 1. The number of hydrogen-bond acceptors (Lipinski definition) is 4. The lowest BCUT2D eigenvalue weighted by atomic mass is 10.2. The molecule has 0 unspecified atom stereocenters. The van der Waals surface area contributed by atoms with E-state index < -0.39 is 0 Å². The average Bonchev–Trinajstić information content (AvgIpc) is 3.07. The molecule has 0 bridgehead atoms. The molecule has 17 heavy (non-hydrogen) atoms. The van der Waals surface area contributed by atoms with E-state index in [4.69, 9.17) is 4.74 Å². The summed E-state index contributed by atoms with van der Waals surface area (Å²) in [6, 6.07) is 0.0964. The van der Waals surface area contributed by atoms with E-state index in [1.54, 1.807) is 4.90 Å². The summed E-state index contributed by atoms with van der Waals surface area (Å²) in [4.78, 5) is 18.3. The van der Waals surface area contributed by atoms with Crippen molar-refractivity contribution in [1.29, 1.82) is 0 Å². The first kappa shape index (κ1) is 10.7. The third-order valence-corrected chi connectivity index (χ3v) is 3.29. The Labute approximate surface area is 99.4 Å². The van der Waals surface area contributed by atoms with Crippen LogP contribution in [0.5, 0.6) is 0 Å². The molecule has 1 amide bonds. The molecule has 6 heteroatoms. The summed E-state index contributed by atoms with van der Waals surface area (Å²) in [7, 11) is 0. The van der Waals surface area contributed by atoms with Crippen LogP contribution in [0.1, 0.15) is 42.1 Å². The number of aromatic nitrogens is 3. The summed E-state index contributed by atoms with van der Waals surface area (Å²) in [6.07, 6.45) is 2.30. The number of H-pyrrole nitrogens is 1. The molecular formula is C11H16N4O2. The minimum absolute atomic E-state index is 0.0936. The highest BCUT2D eigenvalue weighted by Crippen LogP contribution is 2.37. The summed E-state index contributed by atoms with van der Waals surface area (Å²) in [5.41, 5.74) is 0. The standard InChI is InChI=1S/C11H16N4O2/c1-7-6-17-5-4-15(7)11(16)10-12-9(13-14-10)8-2-3-8/h7-8H,2-6H2,1H3,(H,12,13,14)/t7-/m1/s1. The Kier molecular flexibility index (Phi) is 2.58. The SMILES string of the molecule is C[C@@H]1COCCN1C(=O)c1n[nH]c(C2CC2)n1. The minimum atomic E-state index is -0.0936. The molecule has 0 aromatic carbocycles. The Morgan fingerprint density at radius 2 is 2.35 bits per heavy atom. The summed E-state index contributed by atoms with van der Waals surface area (Å²) in [5, 5.41) is 6.88. The predicted octanol–water partition coefficient (Wildman–Crippen LogP) is 0.543. The molecule has 1 aliphatic heterocycles. The largest absolute Gasteiger partial charge is 0.377 e. The van der Waals surface area contributed by atoms with E-state index in [-0.39, 0.29) is 11.9 Å². The molecule has 2 fully saturated rings. The zero-order valence-corrected chi connectivity index (χ0v) is 9.85. The third-order valence-electron chi connectivity index (χ3n) is 3.29. The molecule has 1 aliphatic carbocycles. The summed E-state index contributed by atoms with van der Waals surface area (Å²) >= 11 is 0. The second-order valence-corrected chi connectivity index (χ2v) is 4.74. The van der Waals surface area contributed by atoms with Crippen molar-refractivity contribution in [1.82, 2.24) is 20.1 Å². The normalized spacial score (nSPS) is 25.0. The molecule has 0 spiro atoms. The van der Waals surface area contributed by atoms with Gasteiger partial charge in [0.1, 0.15) is 5.82 Å². The van der Waals surface area contributed by atoms with Gasteiger partial charge >= 0.3 is 0 Å². The van der Waals surface area contributed by atoms with Crippen LogP contribution in [0.25, 0.3) is 0 Å². The van der Waals surface area contributed by atoms with Crippen LogP contribution in [-0.4, -0.2) is 51.8 Å². The molecule has 1 saturated heterocycles. The van der Waals surface area contributed by atoms with Gasteiger partial charge in [-0.1, -0.05) is 0 Å². The highest BCUT2D eigenvalue weighted by atomic mass is 16.5. The highest BCUT2D eigenvalue weighted by molar-refractivity contribution is 5.90. The van der Waals surface area contributed by atoms with Gasteiger partial charge in [0, 0.05) is 12.5 Å². The molecule has 1 aromatic rings. The van der Waals surface area contributed by atoms with E-state index in [2.05, 4.69) is 15.2 Å². The second kappa shape index (κ2) is 4.10. The van der Waals surface area contributed by atoms with E-state index in [0.717, 1.165) is 18.7 Å². The molecular weight excluding hydrogens is 220 g/mol. The van der Waals surface area contributed by atoms with Gasteiger partial charge in [0.25, 0.3) is 5.91 Å². The van der Waals surface area contributed by atoms with E-state index >= 15 is 0 Å². The fraction of sp³-hybridized carbons (Fsp3) is 0.727. The number of morpholine rings is 1. The van der Waals surface area contributed by atoms with Crippen molar-refractivity contribution in [2.75, 3.05) is 19.8 Å². The van der Waals surface area contributed by atoms with E-state index in [1.165, 1.54) is 0 Å². The molecule has 2 aliphatic rings. The summed E-state index contributed by atoms with van der Waals surface area (Å²) in [6.45, 7) is 3.78. The number of carbonyl (C=O) groups is 1. The Bertz CT molecular complexity index is 427. The van der Waals surface area contributed by atoms with Gasteiger partial charge in [-0.2, -0.15) is 0 Å². The van der Waals surface area contributed by atoms with Crippen LogP contribution in [0.2, 0.25) is 0 Å².